The highest BCUT2D eigenvalue weighted by molar-refractivity contribution is 6.22. The molecule has 1 nitrogen and oxygen atoms in total. The number of hydrogen-bond acceptors (Lipinski definition) is 1. The minimum absolute atomic E-state index is 1.08. The lowest BCUT2D eigenvalue weighted by Crippen LogP contribution is -2.10. The van der Waals surface area contributed by atoms with Crippen molar-refractivity contribution in [3.05, 3.63) is 261 Å². The molecule has 0 aromatic heterocycles. The molecule has 11 rings (SSSR count). The molecule has 1 heteroatoms. The zero-order chi connectivity index (χ0) is 42.0. The first kappa shape index (κ1) is 37.7. The Morgan fingerprint density at radius 2 is 0.556 bits per heavy atom. The molecule has 0 radical (unpaired) electrons. The van der Waals surface area contributed by atoms with Gasteiger partial charge in [0, 0.05) is 17.1 Å². The maximum Gasteiger partial charge on any atom is 0.0468 e. The lowest BCUT2D eigenvalue weighted by molar-refractivity contribution is 1.28. The monoisotopic (exact) mass is 801 g/mol. The van der Waals surface area contributed by atoms with E-state index in [-0.39, 0.29) is 0 Å². The third-order valence-corrected chi connectivity index (χ3v) is 12.3. The molecular weight excluding hydrogens is 759 g/mol. The van der Waals surface area contributed by atoms with Crippen LogP contribution in [0.15, 0.2) is 261 Å². The van der Waals surface area contributed by atoms with Crippen LogP contribution in [0.4, 0.5) is 17.1 Å². The molecule has 296 valence electrons. The highest BCUT2D eigenvalue weighted by atomic mass is 15.1. The van der Waals surface area contributed by atoms with Crippen LogP contribution in [0.1, 0.15) is 0 Å². The van der Waals surface area contributed by atoms with Gasteiger partial charge in [0.25, 0.3) is 0 Å². The van der Waals surface area contributed by atoms with Crippen LogP contribution in [-0.2, 0) is 0 Å². The number of hydrogen-bond donors (Lipinski definition) is 0. The van der Waals surface area contributed by atoms with Crippen molar-refractivity contribution in [2.75, 3.05) is 4.90 Å². The predicted molar refractivity (Wildman–Crippen MR) is 269 cm³/mol. The van der Waals surface area contributed by atoms with E-state index in [0.29, 0.717) is 0 Å². The molecule has 11 aromatic carbocycles. The number of fused-ring (bicyclic) bond motifs is 3. The maximum atomic E-state index is 2.40. The molecule has 0 aliphatic rings. The molecular formula is C62H43N. The summed E-state index contributed by atoms with van der Waals surface area (Å²) in [7, 11) is 0. The van der Waals surface area contributed by atoms with Gasteiger partial charge in [-0.1, -0.05) is 218 Å². The van der Waals surface area contributed by atoms with E-state index in [1.54, 1.807) is 0 Å². The summed E-state index contributed by atoms with van der Waals surface area (Å²) in [5.41, 5.74) is 17.7. The molecule has 0 aliphatic heterocycles. The van der Waals surface area contributed by atoms with E-state index < -0.39 is 0 Å². The summed E-state index contributed by atoms with van der Waals surface area (Å²) in [6.07, 6.45) is 0. The molecule has 0 atom stereocenters. The zero-order valence-electron chi connectivity index (χ0n) is 34.8. The van der Waals surface area contributed by atoms with Gasteiger partial charge < -0.3 is 4.90 Å². The topological polar surface area (TPSA) is 3.24 Å². The Bertz CT molecular complexity index is 3320. The molecule has 0 fully saturated rings. The fraction of sp³-hybridized carbons (Fsp3) is 0. The van der Waals surface area contributed by atoms with Crippen LogP contribution in [0.5, 0.6) is 0 Å². The van der Waals surface area contributed by atoms with Gasteiger partial charge >= 0.3 is 0 Å². The van der Waals surface area contributed by atoms with Gasteiger partial charge in [-0.3, -0.25) is 0 Å². The first-order chi connectivity index (χ1) is 31.3. The average Bonchev–Trinajstić information content (AvgIpc) is 3.37. The van der Waals surface area contributed by atoms with E-state index in [4.69, 9.17) is 0 Å². The van der Waals surface area contributed by atoms with Gasteiger partial charge in [0.05, 0.1) is 0 Å². The van der Waals surface area contributed by atoms with E-state index in [1.165, 1.54) is 82.7 Å². The lowest BCUT2D eigenvalue weighted by Gasteiger charge is -2.27. The average molecular weight is 802 g/mol. The van der Waals surface area contributed by atoms with Gasteiger partial charge in [0.1, 0.15) is 0 Å². The predicted octanol–water partition coefficient (Wildman–Crippen LogP) is 17.5. The van der Waals surface area contributed by atoms with Crippen molar-refractivity contribution in [3.8, 4) is 66.8 Å². The zero-order valence-corrected chi connectivity index (χ0v) is 34.8. The molecule has 63 heavy (non-hydrogen) atoms. The standard InChI is InChI=1S/C62H43N/c1-6-18-44(19-7-1)45-30-35-52(36-31-45)63(54-39-41-55(47-20-8-2-9-21-47)59(43-54)48-22-10-3-11-23-48)53-37-32-46(33-38-53)51-34-40-57-56-28-16-17-29-58(56)61(49-24-12-4-13-25-49)62(60(57)42-51)50-26-14-5-15-27-50/h1-43H. The Morgan fingerprint density at radius 3 is 1.10 bits per heavy atom. The lowest BCUT2D eigenvalue weighted by atomic mass is 9.84. The Labute approximate surface area is 369 Å². The van der Waals surface area contributed by atoms with Crippen LogP contribution in [0.25, 0.3) is 88.3 Å². The van der Waals surface area contributed by atoms with Crippen LogP contribution < -0.4 is 4.90 Å². The van der Waals surface area contributed by atoms with Gasteiger partial charge in [0.15, 0.2) is 0 Å². The van der Waals surface area contributed by atoms with Gasteiger partial charge in [0.2, 0.25) is 0 Å². The van der Waals surface area contributed by atoms with Crippen LogP contribution >= 0.6 is 0 Å². The Morgan fingerprint density at radius 1 is 0.190 bits per heavy atom. The molecule has 0 aliphatic carbocycles. The molecule has 0 saturated carbocycles. The number of rotatable bonds is 9. The second-order valence-electron chi connectivity index (χ2n) is 16.0. The number of benzene rings is 11. The van der Waals surface area contributed by atoms with Crippen LogP contribution in [0, 0.1) is 0 Å². The summed E-state index contributed by atoms with van der Waals surface area (Å²) in [6, 6.07) is 94.6. The largest absolute Gasteiger partial charge is 0.310 e. The van der Waals surface area contributed by atoms with E-state index in [2.05, 4.69) is 266 Å². The Hall–Kier alpha value is -8.26. The van der Waals surface area contributed by atoms with Crippen molar-refractivity contribution in [2.24, 2.45) is 0 Å². The molecule has 0 bridgehead atoms. The first-order valence-electron chi connectivity index (χ1n) is 21.7. The van der Waals surface area contributed by atoms with Crippen molar-refractivity contribution >= 4 is 38.6 Å². The van der Waals surface area contributed by atoms with Crippen LogP contribution in [-0.4, -0.2) is 0 Å². The molecule has 0 unspecified atom stereocenters. The third-order valence-electron chi connectivity index (χ3n) is 12.3. The summed E-state index contributed by atoms with van der Waals surface area (Å²) >= 11 is 0. The van der Waals surface area contributed by atoms with Gasteiger partial charge in [-0.15, -0.1) is 0 Å². The number of nitrogens with zero attached hydrogens (tertiary/aromatic N) is 1. The minimum Gasteiger partial charge on any atom is -0.310 e. The second kappa shape index (κ2) is 16.7. The van der Waals surface area contributed by atoms with Crippen molar-refractivity contribution in [1.29, 1.82) is 0 Å². The molecule has 11 aromatic rings. The van der Waals surface area contributed by atoms with E-state index in [1.807, 2.05) is 0 Å². The molecule has 0 heterocycles. The first-order valence-corrected chi connectivity index (χ1v) is 21.7. The van der Waals surface area contributed by atoms with E-state index >= 15 is 0 Å². The smallest absolute Gasteiger partial charge is 0.0468 e. The fourth-order valence-corrected chi connectivity index (χ4v) is 9.26. The van der Waals surface area contributed by atoms with Gasteiger partial charge in [-0.25, -0.2) is 0 Å². The summed E-state index contributed by atoms with van der Waals surface area (Å²) < 4.78 is 0. The Balaban J connectivity index is 1.06. The number of anilines is 3. The Kier molecular flexibility index (Phi) is 9.97. The maximum absolute atomic E-state index is 2.40. The van der Waals surface area contributed by atoms with Crippen LogP contribution in [0.2, 0.25) is 0 Å². The summed E-state index contributed by atoms with van der Waals surface area (Å²) in [5.74, 6) is 0. The fourth-order valence-electron chi connectivity index (χ4n) is 9.26. The summed E-state index contributed by atoms with van der Waals surface area (Å²) in [6.45, 7) is 0. The normalized spacial score (nSPS) is 11.2. The molecule has 0 N–H and O–H groups in total. The second-order valence-corrected chi connectivity index (χ2v) is 16.0. The third kappa shape index (κ3) is 7.26. The van der Waals surface area contributed by atoms with Crippen molar-refractivity contribution < 1.29 is 0 Å². The van der Waals surface area contributed by atoms with Gasteiger partial charge in [-0.05, 0) is 131 Å². The van der Waals surface area contributed by atoms with Crippen molar-refractivity contribution in [1.82, 2.24) is 0 Å². The van der Waals surface area contributed by atoms with Crippen molar-refractivity contribution in [3.63, 3.8) is 0 Å². The van der Waals surface area contributed by atoms with E-state index in [9.17, 15) is 0 Å². The highest BCUT2D eigenvalue weighted by Gasteiger charge is 2.20. The van der Waals surface area contributed by atoms with E-state index in [0.717, 1.165) is 22.6 Å². The minimum atomic E-state index is 1.08. The SMILES string of the molecule is c1ccc(-c2ccc(N(c3ccc(-c4ccc5c(c4)c(-c4ccccc4)c(-c4ccccc4)c4ccccc45)cc3)c3ccc(-c4ccccc4)c(-c4ccccc4)c3)cc2)cc1. The van der Waals surface area contributed by atoms with Crippen molar-refractivity contribution in [2.45, 2.75) is 0 Å². The van der Waals surface area contributed by atoms with Crippen LogP contribution in [0.3, 0.4) is 0 Å². The molecule has 0 saturated heterocycles. The van der Waals surface area contributed by atoms with Gasteiger partial charge in [-0.2, -0.15) is 0 Å². The molecule has 0 amide bonds. The highest BCUT2D eigenvalue weighted by Crippen LogP contribution is 2.46. The quantitative estimate of drug-likeness (QED) is 0.131. The summed E-state index contributed by atoms with van der Waals surface area (Å²) in [5, 5.41) is 5.02. The molecule has 0 spiro atoms. The summed E-state index contributed by atoms with van der Waals surface area (Å²) in [4.78, 5) is 2.38.